The quantitative estimate of drug-likeness (QED) is 0.159. The highest BCUT2D eigenvalue weighted by molar-refractivity contribution is 5.90. The first-order valence-corrected chi connectivity index (χ1v) is 19.2. The highest BCUT2D eigenvalue weighted by atomic mass is 15.1. The molecule has 0 heterocycles. The number of benzene rings is 9. The van der Waals surface area contributed by atoms with Gasteiger partial charge in [0.05, 0.1) is 5.48 Å². The van der Waals surface area contributed by atoms with Crippen LogP contribution in [0.1, 0.15) is 30.5 Å². The number of rotatable bonds is 7. The van der Waals surface area contributed by atoms with Gasteiger partial charge in [-0.15, -0.1) is 0 Å². The lowest BCUT2D eigenvalue weighted by Crippen LogP contribution is -2.16. The molecule has 0 bridgehead atoms. The molecule has 1 aliphatic rings. The van der Waals surface area contributed by atoms with Crippen molar-refractivity contribution in [3.63, 3.8) is 0 Å². The van der Waals surface area contributed by atoms with Gasteiger partial charge in [0, 0.05) is 22.5 Å². The van der Waals surface area contributed by atoms with Crippen molar-refractivity contribution >= 4 is 27.8 Å². The lowest BCUT2D eigenvalue weighted by molar-refractivity contribution is 0.660. The lowest BCUT2D eigenvalue weighted by atomic mass is 9.82. The molecule has 0 aromatic heterocycles. The molecule has 56 heavy (non-hydrogen) atoms. The van der Waals surface area contributed by atoms with Crippen LogP contribution in [0.15, 0.2) is 212 Å². The summed E-state index contributed by atoms with van der Waals surface area (Å²) in [6, 6.07) is 64.3. The summed E-state index contributed by atoms with van der Waals surface area (Å²) >= 11 is 0. The number of fused-ring (bicyclic) bond motifs is 4. The average molecular weight is 720 g/mol. The molecule has 0 N–H and O–H groups in total. The lowest BCUT2D eigenvalue weighted by Gasteiger charge is -2.28. The Balaban J connectivity index is 1.16. The van der Waals surface area contributed by atoms with Gasteiger partial charge >= 0.3 is 0 Å². The van der Waals surface area contributed by atoms with Gasteiger partial charge in [-0.25, -0.2) is 0 Å². The van der Waals surface area contributed by atoms with E-state index in [2.05, 4.69) is 135 Å². The van der Waals surface area contributed by atoms with Crippen molar-refractivity contribution in [2.24, 2.45) is 0 Å². The van der Waals surface area contributed by atoms with Gasteiger partial charge in [-0.2, -0.15) is 0 Å². The van der Waals surface area contributed by atoms with Crippen molar-refractivity contribution in [3.05, 3.63) is 223 Å². The Morgan fingerprint density at radius 2 is 0.929 bits per heavy atom. The SMILES string of the molecule is [2H]c1c([2H])c(-c2ccc3ccccc3c2)c([2H])c(N(c2ccc(-c3cc(-c4ccccc4)cc(-c4ccccc4)c3)cc2)c2ccc3c(c2)C(C)(C)c2ccccc2-3)c1[2H]. The van der Waals surface area contributed by atoms with Crippen LogP contribution in [0, 0.1) is 0 Å². The summed E-state index contributed by atoms with van der Waals surface area (Å²) in [6.07, 6.45) is 0. The molecule has 0 aliphatic heterocycles. The Hall–Kier alpha value is -6.96. The van der Waals surface area contributed by atoms with Crippen molar-refractivity contribution in [1.82, 2.24) is 0 Å². The predicted molar refractivity (Wildman–Crippen MR) is 238 cm³/mol. The molecule has 0 saturated heterocycles. The van der Waals surface area contributed by atoms with E-state index in [9.17, 15) is 4.11 Å². The fourth-order valence-electron chi connectivity index (χ4n) is 8.37. The molecule has 266 valence electrons. The maximum absolute atomic E-state index is 9.86. The van der Waals surface area contributed by atoms with E-state index in [-0.39, 0.29) is 35.3 Å². The third-order valence-electron chi connectivity index (χ3n) is 11.3. The van der Waals surface area contributed by atoms with Crippen LogP contribution in [0.4, 0.5) is 17.1 Å². The molecule has 9 aromatic rings. The predicted octanol–water partition coefficient (Wildman–Crippen LogP) is 15.3. The van der Waals surface area contributed by atoms with Gasteiger partial charge in [-0.1, -0.05) is 165 Å². The first-order valence-electron chi connectivity index (χ1n) is 21.2. The number of anilines is 3. The van der Waals surface area contributed by atoms with Gasteiger partial charge in [0.2, 0.25) is 0 Å². The van der Waals surface area contributed by atoms with Crippen LogP contribution in [0.5, 0.6) is 0 Å². The van der Waals surface area contributed by atoms with Crippen LogP contribution in [0.25, 0.3) is 66.4 Å². The van der Waals surface area contributed by atoms with E-state index in [1.807, 2.05) is 71.6 Å². The fraction of sp³-hybridized carbons (Fsp3) is 0.0545. The zero-order valence-corrected chi connectivity index (χ0v) is 31.3. The van der Waals surface area contributed by atoms with Crippen LogP contribution in [-0.2, 0) is 5.41 Å². The zero-order valence-electron chi connectivity index (χ0n) is 35.3. The van der Waals surface area contributed by atoms with E-state index in [0.29, 0.717) is 11.1 Å². The van der Waals surface area contributed by atoms with E-state index < -0.39 is 0 Å². The van der Waals surface area contributed by atoms with E-state index >= 15 is 0 Å². The maximum Gasteiger partial charge on any atom is 0.0651 e. The third kappa shape index (κ3) is 5.99. The van der Waals surface area contributed by atoms with Crippen LogP contribution in [0.3, 0.4) is 0 Å². The van der Waals surface area contributed by atoms with Crippen LogP contribution < -0.4 is 4.90 Å². The largest absolute Gasteiger partial charge is 0.310 e. The Labute approximate surface area is 335 Å². The third-order valence-corrected chi connectivity index (χ3v) is 11.3. The minimum Gasteiger partial charge on any atom is -0.310 e. The van der Waals surface area contributed by atoms with Crippen molar-refractivity contribution in [2.45, 2.75) is 19.3 Å². The first-order chi connectivity index (χ1) is 29.2. The summed E-state index contributed by atoms with van der Waals surface area (Å²) in [5.74, 6) is 0. The molecule has 0 unspecified atom stereocenters. The molecule has 0 fully saturated rings. The van der Waals surface area contributed by atoms with Crippen molar-refractivity contribution in [2.75, 3.05) is 4.90 Å². The molecule has 0 spiro atoms. The van der Waals surface area contributed by atoms with Gasteiger partial charge < -0.3 is 4.90 Å². The maximum atomic E-state index is 9.86. The van der Waals surface area contributed by atoms with Gasteiger partial charge in [0.15, 0.2) is 0 Å². The average Bonchev–Trinajstić information content (AvgIpc) is 3.52. The summed E-state index contributed by atoms with van der Waals surface area (Å²) in [5, 5.41) is 2.04. The highest BCUT2D eigenvalue weighted by Gasteiger charge is 2.35. The second kappa shape index (κ2) is 13.7. The van der Waals surface area contributed by atoms with E-state index in [1.165, 1.54) is 16.7 Å². The second-order valence-corrected chi connectivity index (χ2v) is 15.1. The molecule has 0 saturated carbocycles. The second-order valence-electron chi connectivity index (χ2n) is 15.1. The Morgan fingerprint density at radius 1 is 0.375 bits per heavy atom. The number of hydrogen-bond acceptors (Lipinski definition) is 1. The van der Waals surface area contributed by atoms with Crippen molar-refractivity contribution in [1.29, 1.82) is 0 Å². The molecular formula is C55H41N. The van der Waals surface area contributed by atoms with Gasteiger partial charge in [-0.05, 0) is 138 Å². The minimum absolute atomic E-state index is 0.0338. The molecule has 0 radical (unpaired) electrons. The molecule has 1 heteroatoms. The van der Waals surface area contributed by atoms with Crippen molar-refractivity contribution in [3.8, 4) is 55.6 Å². The normalized spacial score (nSPS) is 13.6. The highest BCUT2D eigenvalue weighted by Crippen LogP contribution is 2.51. The molecule has 10 rings (SSSR count). The monoisotopic (exact) mass is 719 g/mol. The van der Waals surface area contributed by atoms with E-state index in [0.717, 1.165) is 61.1 Å². The summed E-state index contributed by atoms with van der Waals surface area (Å²) in [6.45, 7) is 4.49. The number of nitrogens with zero attached hydrogens (tertiary/aromatic N) is 1. The van der Waals surface area contributed by atoms with Gasteiger partial charge in [0.25, 0.3) is 0 Å². The smallest absolute Gasteiger partial charge is 0.0651 e. The molecule has 1 nitrogen and oxygen atoms in total. The zero-order chi connectivity index (χ0) is 41.1. The summed E-state index contributed by atoms with van der Waals surface area (Å²) in [5.41, 5.74) is 13.9. The van der Waals surface area contributed by atoms with E-state index in [4.69, 9.17) is 1.37 Å². The van der Waals surface area contributed by atoms with Gasteiger partial charge in [0.1, 0.15) is 0 Å². The van der Waals surface area contributed by atoms with Crippen LogP contribution >= 0.6 is 0 Å². The summed E-state index contributed by atoms with van der Waals surface area (Å²) < 4.78 is 37.6. The standard InChI is InChI=1S/C55H41N/c1-55(2)53-23-12-11-22-51(53)52-31-30-50(37-54(52)55)56(49-21-13-20-43(36-49)44-25-24-40-18-9-10-19-42(40)32-44)48-28-26-41(27-29-48)47-34-45(38-14-5-3-6-15-38)33-46(35-47)39-16-7-4-8-17-39/h3-37H,1-2H3/i13D,20D,21D,36D. The Bertz CT molecular complexity index is 3040. The minimum atomic E-state index is -0.285. The summed E-state index contributed by atoms with van der Waals surface area (Å²) in [7, 11) is 0. The van der Waals surface area contributed by atoms with Gasteiger partial charge in [-0.3, -0.25) is 0 Å². The Morgan fingerprint density at radius 3 is 1.62 bits per heavy atom. The first kappa shape index (κ1) is 29.4. The van der Waals surface area contributed by atoms with Crippen molar-refractivity contribution < 1.29 is 5.48 Å². The van der Waals surface area contributed by atoms with Crippen LogP contribution in [-0.4, -0.2) is 0 Å². The molecular weight excluding hydrogens is 675 g/mol. The number of hydrogen-bond donors (Lipinski definition) is 0. The van der Waals surface area contributed by atoms with Crippen LogP contribution in [0.2, 0.25) is 0 Å². The molecule has 0 amide bonds. The molecule has 1 aliphatic carbocycles. The summed E-state index contributed by atoms with van der Waals surface area (Å²) in [4.78, 5) is 1.95. The Kier molecular flexibility index (Phi) is 7.20. The topological polar surface area (TPSA) is 3.24 Å². The molecule has 9 aromatic carbocycles. The molecule has 0 atom stereocenters. The fourth-order valence-corrected chi connectivity index (χ4v) is 8.37. The van der Waals surface area contributed by atoms with E-state index in [1.54, 1.807) is 0 Å².